The quantitative estimate of drug-likeness (QED) is 0.658. The molecule has 1 aromatic heterocycles. The normalized spacial score (nSPS) is 15.3. The van der Waals surface area contributed by atoms with E-state index >= 15 is 0 Å². The summed E-state index contributed by atoms with van der Waals surface area (Å²) < 4.78 is 0. The number of benzene rings is 1. The number of carboxylic acids is 1. The molecule has 8 heteroatoms. The van der Waals surface area contributed by atoms with E-state index in [0.29, 0.717) is 16.7 Å². The summed E-state index contributed by atoms with van der Waals surface area (Å²) in [6.07, 6.45) is 7.07. The molecule has 3 rings (SSSR count). The molecule has 1 atom stereocenters. The van der Waals surface area contributed by atoms with Gasteiger partial charge in [0.1, 0.15) is 0 Å². The van der Waals surface area contributed by atoms with Gasteiger partial charge in [0.15, 0.2) is 5.13 Å². The molecule has 3 N–H and O–H groups in total. The van der Waals surface area contributed by atoms with Crippen LogP contribution in [0.15, 0.2) is 35.8 Å². The largest absolute Gasteiger partial charge is 0.474 e. The molecular formula is C19H21N3O4S. The third-order valence-corrected chi connectivity index (χ3v) is 5.48. The zero-order chi connectivity index (χ0) is 19.2. The average Bonchev–Trinajstić information content (AvgIpc) is 3.34. The molecule has 1 saturated carbocycles. The van der Waals surface area contributed by atoms with Crippen LogP contribution in [-0.2, 0) is 14.4 Å². The van der Waals surface area contributed by atoms with Gasteiger partial charge >= 0.3 is 11.9 Å². The monoisotopic (exact) mass is 387 g/mol. The molecule has 1 aromatic carbocycles. The fourth-order valence-corrected chi connectivity index (χ4v) is 3.97. The number of nitrogens with zero attached hydrogens (tertiary/aromatic N) is 1. The molecule has 1 aliphatic rings. The molecule has 1 heterocycles. The molecule has 27 heavy (non-hydrogen) atoms. The lowest BCUT2D eigenvalue weighted by Gasteiger charge is -2.20. The van der Waals surface area contributed by atoms with Gasteiger partial charge in [0.05, 0.1) is 5.92 Å². The van der Waals surface area contributed by atoms with Crippen LogP contribution in [0.1, 0.15) is 43.6 Å². The summed E-state index contributed by atoms with van der Waals surface area (Å²) in [4.78, 5) is 38.9. The van der Waals surface area contributed by atoms with Gasteiger partial charge in [0.25, 0.3) is 0 Å². The number of hydrogen-bond donors (Lipinski definition) is 3. The van der Waals surface area contributed by atoms with Crippen molar-refractivity contribution < 1.29 is 19.5 Å². The number of anilines is 2. The van der Waals surface area contributed by atoms with E-state index < -0.39 is 11.9 Å². The molecule has 0 bridgehead atoms. The maximum atomic E-state index is 12.9. The first-order chi connectivity index (χ1) is 13.0. The Balaban J connectivity index is 1.75. The van der Waals surface area contributed by atoms with Crippen LogP contribution >= 0.6 is 11.3 Å². The molecule has 2 amide bonds. The van der Waals surface area contributed by atoms with E-state index in [1.165, 1.54) is 24.2 Å². The maximum Gasteiger partial charge on any atom is 0.394 e. The fourth-order valence-electron chi connectivity index (χ4n) is 3.43. The van der Waals surface area contributed by atoms with E-state index in [1.54, 1.807) is 30.5 Å². The SMILES string of the molecule is O=C(O)C(=O)Nc1ccc(C(CC2CCCC2)C(=O)Nc2nccs2)cc1. The summed E-state index contributed by atoms with van der Waals surface area (Å²) in [5.74, 6) is -2.53. The molecule has 1 fully saturated rings. The molecule has 0 aliphatic heterocycles. The number of rotatable bonds is 6. The van der Waals surface area contributed by atoms with E-state index in [4.69, 9.17) is 5.11 Å². The molecule has 2 aromatic rings. The Hall–Kier alpha value is -2.74. The van der Waals surface area contributed by atoms with Gasteiger partial charge < -0.3 is 15.7 Å². The second kappa shape index (κ2) is 8.77. The summed E-state index contributed by atoms with van der Waals surface area (Å²) in [5, 5.41) is 16.2. The first-order valence-corrected chi connectivity index (χ1v) is 9.75. The third-order valence-electron chi connectivity index (χ3n) is 4.79. The van der Waals surface area contributed by atoms with Gasteiger partial charge in [-0.25, -0.2) is 9.78 Å². The van der Waals surface area contributed by atoms with Gasteiger partial charge in [-0.2, -0.15) is 0 Å². The van der Waals surface area contributed by atoms with Crippen molar-refractivity contribution in [2.45, 2.75) is 38.0 Å². The van der Waals surface area contributed by atoms with E-state index in [1.807, 2.05) is 5.38 Å². The minimum Gasteiger partial charge on any atom is -0.474 e. The maximum absolute atomic E-state index is 12.9. The number of aliphatic carboxylic acids is 1. The summed E-state index contributed by atoms with van der Waals surface area (Å²) in [6.45, 7) is 0. The Morgan fingerprint density at radius 1 is 1.15 bits per heavy atom. The number of carboxylic acid groups (broad SMARTS) is 1. The lowest BCUT2D eigenvalue weighted by Crippen LogP contribution is -2.23. The average molecular weight is 387 g/mol. The van der Waals surface area contributed by atoms with Crippen molar-refractivity contribution in [3.8, 4) is 0 Å². The Morgan fingerprint density at radius 3 is 2.44 bits per heavy atom. The minimum atomic E-state index is -1.54. The predicted octanol–water partition coefficient (Wildman–Crippen LogP) is 3.47. The fraction of sp³-hybridized carbons (Fsp3) is 0.368. The first-order valence-electron chi connectivity index (χ1n) is 8.87. The number of nitrogens with one attached hydrogen (secondary N) is 2. The Morgan fingerprint density at radius 2 is 1.85 bits per heavy atom. The molecule has 0 radical (unpaired) electrons. The molecule has 1 unspecified atom stereocenters. The smallest absolute Gasteiger partial charge is 0.394 e. The highest BCUT2D eigenvalue weighted by molar-refractivity contribution is 7.13. The summed E-state index contributed by atoms with van der Waals surface area (Å²) >= 11 is 1.37. The zero-order valence-electron chi connectivity index (χ0n) is 14.7. The molecule has 0 spiro atoms. The highest BCUT2D eigenvalue weighted by atomic mass is 32.1. The van der Waals surface area contributed by atoms with Crippen molar-refractivity contribution in [2.75, 3.05) is 10.6 Å². The lowest BCUT2D eigenvalue weighted by atomic mass is 9.87. The van der Waals surface area contributed by atoms with E-state index in [2.05, 4.69) is 15.6 Å². The van der Waals surface area contributed by atoms with Crippen molar-refractivity contribution >= 4 is 39.9 Å². The van der Waals surface area contributed by atoms with Crippen molar-refractivity contribution in [3.63, 3.8) is 0 Å². The van der Waals surface area contributed by atoms with Crippen LogP contribution in [0.4, 0.5) is 10.8 Å². The molecule has 1 aliphatic carbocycles. The number of aromatic nitrogens is 1. The Bertz CT molecular complexity index is 799. The van der Waals surface area contributed by atoms with E-state index in [-0.39, 0.29) is 11.8 Å². The first kappa shape index (κ1) is 19.0. The van der Waals surface area contributed by atoms with Gasteiger partial charge in [-0.1, -0.05) is 37.8 Å². The highest BCUT2D eigenvalue weighted by Gasteiger charge is 2.27. The zero-order valence-corrected chi connectivity index (χ0v) is 15.5. The lowest BCUT2D eigenvalue weighted by molar-refractivity contribution is -0.147. The van der Waals surface area contributed by atoms with Crippen molar-refractivity contribution in [1.29, 1.82) is 0 Å². The standard InChI is InChI=1S/C19H21N3O4S/c23-16(22-19-20-9-10-27-19)15(11-12-3-1-2-4-12)13-5-7-14(8-6-13)21-17(24)18(25)26/h5-10,12,15H,1-4,11H2,(H,21,24)(H,25,26)(H,20,22,23). The third kappa shape index (κ3) is 5.13. The van der Waals surface area contributed by atoms with Crippen LogP contribution in [0.2, 0.25) is 0 Å². The second-order valence-electron chi connectivity index (χ2n) is 6.65. The predicted molar refractivity (Wildman–Crippen MR) is 103 cm³/mol. The number of hydrogen-bond acceptors (Lipinski definition) is 5. The molecule has 142 valence electrons. The highest BCUT2D eigenvalue weighted by Crippen LogP contribution is 2.35. The summed E-state index contributed by atoms with van der Waals surface area (Å²) in [5.41, 5.74) is 1.22. The Kier molecular flexibility index (Phi) is 6.18. The second-order valence-corrected chi connectivity index (χ2v) is 7.54. The van der Waals surface area contributed by atoms with E-state index in [0.717, 1.165) is 24.8 Å². The van der Waals surface area contributed by atoms with Gasteiger partial charge in [-0.05, 0) is 30.0 Å². The molecule has 0 saturated heterocycles. The molecule has 7 nitrogen and oxygen atoms in total. The van der Waals surface area contributed by atoms with Crippen LogP contribution in [0, 0.1) is 5.92 Å². The van der Waals surface area contributed by atoms with E-state index in [9.17, 15) is 14.4 Å². The number of thiazole rings is 1. The minimum absolute atomic E-state index is 0.0980. The van der Waals surface area contributed by atoms with Gasteiger partial charge in [-0.15, -0.1) is 11.3 Å². The summed E-state index contributed by atoms with van der Waals surface area (Å²) in [6, 6.07) is 6.76. The van der Waals surface area contributed by atoms with Crippen molar-refractivity contribution in [2.24, 2.45) is 5.92 Å². The topological polar surface area (TPSA) is 108 Å². The van der Waals surface area contributed by atoms with Gasteiger partial charge in [-0.3, -0.25) is 9.59 Å². The van der Waals surface area contributed by atoms with Gasteiger partial charge in [0, 0.05) is 17.3 Å². The van der Waals surface area contributed by atoms with Crippen LogP contribution in [0.3, 0.4) is 0 Å². The number of carbonyl (C=O) groups is 3. The van der Waals surface area contributed by atoms with Crippen LogP contribution < -0.4 is 10.6 Å². The number of amides is 2. The van der Waals surface area contributed by atoms with Crippen molar-refractivity contribution in [3.05, 3.63) is 41.4 Å². The molecular weight excluding hydrogens is 366 g/mol. The number of carbonyl (C=O) groups excluding carboxylic acids is 2. The Labute approximate surface area is 160 Å². The van der Waals surface area contributed by atoms with Gasteiger partial charge in [0.2, 0.25) is 5.91 Å². The van der Waals surface area contributed by atoms with Crippen LogP contribution in [-0.4, -0.2) is 27.9 Å². The van der Waals surface area contributed by atoms with Crippen molar-refractivity contribution in [1.82, 2.24) is 4.98 Å². The van der Waals surface area contributed by atoms with Crippen LogP contribution in [0.25, 0.3) is 0 Å². The summed E-state index contributed by atoms with van der Waals surface area (Å²) in [7, 11) is 0. The van der Waals surface area contributed by atoms with Crippen LogP contribution in [0.5, 0.6) is 0 Å².